The van der Waals surface area contributed by atoms with E-state index in [1.54, 1.807) is 6.26 Å². The summed E-state index contributed by atoms with van der Waals surface area (Å²) in [6, 6.07) is 0. The van der Waals surface area contributed by atoms with Gasteiger partial charge in [-0.3, -0.25) is 9.36 Å². The van der Waals surface area contributed by atoms with Gasteiger partial charge in [-0.15, -0.1) is 0 Å². The maximum absolute atomic E-state index is 12.7. The van der Waals surface area contributed by atoms with Crippen molar-refractivity contribution in [3.63, 3.8) is 0 Å². The van der Waals surface area contributed by atoms with Crippen molar-refractivity contribution < 1.29 is 37.3 Å². The van der Waals surface area contributed by atoms with Gasteiger partial charge in [0.2, 0.25) is 0 Å². The Kier molecular flexibility index (Phi) is 43.0. The van der Waals surface area contributed by atoms with Gasteiger partial charge in [0, 0.05) is 6.42 Å². The number of rotatable bonds is 48. The molecule has 0 amide bonds. The van der Waals surface area contributed by atoms with Crippen molar-refractivity contribution in [3.8, 4) is 0 Å². The number of hydrogen-bond donors (Lipinski definition) is 0. The van der Waals surface area contributed by atoms with Crippen LogP contribution in [0.15, 0.2) is 12.3 Å². The van der Waals surface area contributed by atoms with E-state index in [2.05, 4.69) is 13.8 Å². The number of hydrogen-bond acceptors (Lipinski definition) is 7. The highest BCUT2D eigenvalue weighted by Crippen LogP contribution is 2.38. The van der Waals surface area contributed by atoms with Crippen LogP contribution in [0.2, 0.25) is 0 Å². The molecule has 352 valence electrons. The third-order valence-corrected chi connectivity index (χ3v) is 12.4. The lowest BCUT2D eigenvalue weighted by Gasteiger charge is -2.28. The normalized spacial score (nSPS) is 13.6. The van der Waals surface area contributed by atoms with Gasteiger partial charge in [0.1, 0.15) is 19.8 Å². The molecule has 0 aromatic carbocycles. The summed E-state index contributed by atoms with van der Waals surface area (Å²) in [7, 11) is 1.34. The van der Waals surface area contributed by atoms with Gasteiger partial charge in [0.25, 0.3) is 7.82 Å². The summed E-state index contributed by atoms with van der Waals surface area (Å²) in [5.41, 5.74) is 0. The first kappa shape index (κ1) is 58.1. The van der Waals surface area contributed by atoms with Gasteiger partial charge >= 0.3 is 5.97 Å². The van der Waals surface area contributed by atoms with Gasteiger partial charge in [-0.2, -0.15) is 0 Å². The monoisotopic (exact) mass is 858 g/mol. The molecule has 0 aromatic rings. The summed E-state index contributed by atoms with van der Waals surface area (Å²) < 4.78 is 34.5. The molecule has 0 aliphatic rings. The van der Waals surface area contributed by atoms with Crippen LogP contribution in [0.5, 0.6) is 0 Å². The van der Waals surface area contributed by atoms with Crippen molar-refractivity contribution in [2.45, 2.75) is 258 Å². The smallest absolute Gasteiger partial charge is 0.306 e. The van der Waals surface area contributed by atoms with Crippen LogP contribution in [0.1, 0.15) is 251 Å². The Morgan fingerprint density at radius 1 is 0.525 bits per heavy atom. The lowest BCUT2D eigenvalue weighted by atomic mass is 10.0. The second kappa shape index (κ2) is 43.7. The minimum Gasteiger partial charge on any atom is -0.756 e. The summed E-state index contributed by atoms with van der Waals surface area (Å²) in [5.74, 6) is -0.349. The minimum atomic E-state index is -4.54. The van der Waals surface area contributed by atoms with E-state index < -0.39 is 13.9 Å². The number of esters is 1. The van der Waals surface area contributed by atoms with E-state index in [4.69, 9.17) is 18.5 Å². The molecular formula is C50H100NO7P. The van der Waals surface area contributed by atoms with E-state index in [1.165, 1.54) is 199 Å². The molecule has 0 aromatic heterocycles. The molecule has 0 saturated heterocycles. The third kappa shape index (κ3) is 48.0. The fourth-order valence-corrected chi connectivity index (χ4v) is 8.18. The largest absolute Gasteiger partial charge is 0.756 e. The Bertz CT molecular complexity index is 956. The number of ether oxygens (including phenoxy) is 2. The lowest BCUT2D eigenvalue weighted by molar-refractivity contribution is -0.870. The van der Waals surface area contributed by atoms with Crippen molar-refractivity contribution >= 4 is 13.8 Å². The minimum absolute atomic E-state index is 0.0205. The summed E-state index contributed by atoms with van der Waals surface area (Å²) >= 11 is 0. The molecule has 1 unspecified atom stereocenters. The molecule has 8 nitrogen and oxygen atoms in total. The van der Waals surface area contributed by atoms with Gasteiger partial charge in [0.15, 0.2) is 6.10 Å². The molecule has 0 bridgehead atoms. The molecule has 0 aliphatic carbocycles. The predicted molar refractivity (Wildman–Crippen MR) is 250 cm³/mol. The maximum atomic E-state index is 12.7. The molecule has 59 heavy (non-hydrogen) atoms. The van der Waals surface area contributed by atoms with Gasteiger partial charge in [0.05, 0.1) is 34.0 Å². The highest BCUT2D eigenvalue weighted by atomic mass is 31.2. The average Bonchev–Trinajstić information content (AvgIpc) is 3.19. The first-order chi connectivity index (χ1) is 28.6. The van der Waals surface area contributed by atoms with E-state index in [9.17, 15) is 14.3 Å². The van der Waals surface area contributed by atoms with Crippen LogP contribution < -0.4 is 4.89 Å². The summed E-state index contributed by atoms with van der Waals surface area (Å²) in [6.45, 7) is 4.79. The number of phosphoric acid groups is 1. The predicted octanol–water partition coefficient (Wildman–Crippen LogP) is 15.1. The quantitative estimate of drug-likeness (QED) is 0.0198. The molecule has 0 N–H and O–H groups in total. The first-order valence-corrected chi connectivity index (χ1v) is 26.9. The number of unbranched alkanes of at least 4 members (excludes halogenated alkanes) is 34. The van der Waals surface area contributed by atoms with Crippen LogP contribution in [0.3, 0.4) is 0 Å². The Labute approximate surface area is 367 Å². The zero-order valence-electron chi connectivity index (χ0n) is 40.0. The molecular weight excluding hydrogens is 758 g/mol. The third-order valence-electron chi connectivity index (χ3n) is 11.4. The molecule has 0 rings (SSSR count). The standard InChI is InChI=1S/C50H100NO7P/c1-6-8-10-12-14-16-18-20-22-23-24-25-26-27-28-29-30-31-33-35-37-39-41-43-50(52)58-49(48-57-59(53,54)56-46-44-51(3,4)5)47-55-45-42-40-38-36-34-32-21-19-17-15-13-11-9-7-2/h42,45,49H,6-41,43-44,46-48H2,1-5H3/b45-42+/t49-/m1/s1. The molecule has 0 saturated carbocycles. The number of quaternary nitrogens is 1. The average molecular weight is 858 g/mol. The van der Waals surface area contributed by atoms with Gasteiger partial charge in [-0.25, -0.2) is 0 Å². The number of carbonyl (C=O) groups is 1. The summed E-state index contributed by atoms with van der Waals surface area (Å²) in [6.07, 6.45) is 50.5. The number of phosphoric ester groups is 1. The van der Waals surface area contributed by atoms with Crippen LogP contribution in [0.25, 0.3) is 0 Å². The highest BCUT2D eigenvalue weighted by Gasteiger charge is 2.20. The lowest BCUT2D eigenvalue weighted by Crippen LogP contribution is -2.37. The summed E-state index contributed by atoms with van der Waals surface area (Å²) in [5, 5.41) is 0. The molecule has 0 fully saturated rings. The summed E-state index contributed by atoms with van der Waals surface area (Å²) in [4.78, 5) is 25.1. The fourth-order valence-electron chi connectivity index (χ4n) is 7.46. The number of allylic oxidation sites excluding steroid dienone is 1. The molecule has 0 radical (unpaired) electrons. The van der Waals surface area contributed by atoms with Crippen LogP contribution in [0, 0.1) is 0 Å². The number of likely N-dealkylation sites (N-methyl/N-ethyl adjacent to an activating group) is 1. The van der Waals surface area contributed by atoms with E-state index in [-0.39, 0.29) is 25.8 Å². The second-order valence-electron chi connectivity index (χ2n) is 18.6. The molecule has 0 heterocycles. The number of carbonyl (C=O) groups excluding carboxylic acids is 1. The highest BCUT2D eigenvalue weighted by molar-refractivity contribution is 7.45. The van der Waals surface area contributed by atoms with Crippen molar-refractivity contribution in [1.29, 1.82) is 0 Å². The zero-order valence-corrected chi connectivity index (χ0v) is 40.9. The maximum Gasteiger partial charge on any atom is 0.306 e. The Morgan fingerprint density at radius 3 is 1.25 bits per heavy atom. The van der Waals surface area contributed by atoms with Crippen molar-refractivity contribution in [2.24, 2.45) is 0 Å². The number of nitrogens with zero attached hydrogens (tertiary/aromatic N) is 1. The van der Waals surface area contributed by atoms with Crippen molar-refractivity contribution in [3.05, 3.63) is 12.3 Å². The van der Waals surface area contributed by atoms with Crippen LogP contribution in [-0.4, -0.2) is 64.1 Å². The zero-order chi connectivity index (χ0) is 43.4. The van der Waals surface area contributed by atoms with Gasteiger partial charge in [-0.05, 0) is 25.3 Å². The Balaban J connectivity index is 4.09. The Hall–Kier alpha value is -0.920. The second-order valence-corrected chi connectivity index (χ2v) is 20.0. The van der Waals surface area contributed by atoms with Gasteiger partial charge < -0.3 is 27.9 Å². The van der Waals surface area contributed by atoms with Crippen molar-refractivity contribution in [2.75, 3.05) is 47.5 Å². The first-order valence-electron chi connectivity index (χ1n) is 25.5. The Morgan fingerprint density at radius 2 is 0.881 bits per heavy atom. The van der Waals surface area contributed by atoms with Crippen molar-refractivity contribution in [1.82, 2.24) is 0 Å². The molecule has 0 aliphatic heterocycles. The van der Waals surface area contributed by atoms with E-state index in [1.807, 2.05) is 27.2 Å². The SMILES string of the molecule is CCCCCCCCCCCCCC/C=C/OC[C@H](COP(=O)([O-])OCC[N+](C)(C)C)OC(=O)CCCCCCCCCCCCCCCCCCCCCCCCC. The molecule has 0 spiro atoms. The van der Waals surface area contributed by atoms with E-state index in [0.29, 0.717) is 17.4 Å². The van der Waals surface area contributed by atoms with Crippen LogP contribution >= 0.6 is 7.82 Å². The molecule has 2 atom stereocenters. The van der Waals surface area contributed by atoms with Crippen LogP contribution in [-0.2, 0) is 27.9 Å². The fraction of sp³-hybridized carbons (Fsp3) is 0.940. The van der Waals surface area contributed by atoms with E-state index >= 15 is 0 Å². The molecule has 9 heteroatoms. The van der Waals surface area contributed by atoms with Gasteiger partial charge in [-0.1, -0.05) is 226 Å². The topological polar surface area (TPSA) is 94.1 Å². The van der Waals surface area contributed by atoms with Crippen LogP contribution in [0.4, 0.5) is 0 Å². The van der Waals surface area contributed by atoms with E-state index in [0.717, 1.165) is 32.1 Å².